The number of benzene rings is 1. The van der Waals surface area contributed by atoms with Crippen LogP contribution in [0.25, 0.3) is 0 Å². The number of ketones is 1. The van der Waals surface area contributed by atoms with Crippen molar-refractivity contribution in [3.63, 3.8) is 0 Å². The minimum absolute atomic E-state index is 0.0880. The Morgan fingerprint density at radius 3 is 2.88 bits per heavy atom. The molecule has 17 heavy (non-hydrogen) atoms. The molecule has 0 N–H and O–H groups in total. The second-order valence-corrected chi connectivity index (χ2v) is 3.92. The van der Waals surface area contributed by atoms with Gasteiger partial charge in [0.2, 0.25) is 0 Å². The van der Waals surface area contributed by atoms with E-state index in [1.807, 2.05) is 6.07 Å². The van der Waals surface area contributed by atoms with Gasteiger partial charge in [0, 0.05) is 24.4 Å². The third-order valence-electron chi connectivity index (χ3n) is 2.59. The predicted octanol–water partition coefficient (Wildman–Crippen LogP) is 2.95. The highest BCUT2D eigenvalue weighted by atomic mass is 19.1. The molecule has 1 aromatic heterocycles. The van der Waals surface area contributed by atoms with E-state index in [-0.39, 0.29) is 18.0 Å². The molecule has 0 spiro atoms. The molecular formula is C14H12FNO. The minimum atomic E-state index is -0.384. The Labute approximate surface area is 99.1 Å². The number of hydrogen-bond acceptors (Lipinski definition) is 2. The molecule has 0 radical (unpaired) electrons. The lowest BCUT2D eigenvalue weighted by Crippen LogP contribution is -2.06. The topological polar surface area (TPSA) is 30.0 Å². The molecule has 0 fully saturated rings. The first-order valence-corrected chi connectivity index (χ1v) is 5.35. The molecule has 2 aromatic rings. The maximum absolute atomic E-state index is 13.1. The second kappa shape index (κ2) is 4.87. The largest absolute Gasteiger partial charge is 0.294 e. The molecule has 0 aliphatic carbocycles. The number of aromatic nitrogens is 1. The van der Waals surface area contributed by atoms with Crippen LogP contribution >= 0.6 is 0 Å². The summed E-state index contributed by atoms with van der Waals surface area (Å²) in [6.07, 6.45) is 3.55. The Morgan fingerprint density at radius 2 is 2.18 bits per heavy atom. The van der Waals surface area contributed by atoms with E-state index in [4.69, 9.17) is 0 Å². The summed E-state index contributed by atoms with van der Waals surface area (Å²) in [5.74, 6) is -0.472. The molecule has 0 amide bonds. The third-order valence-corrected chi connectivity index (χ3v) is 2.59. The van der Waals surface area contributed by atoms with Crippen LogP contribution in [0, 0.1) is 12.7 Å². The molecule has 0 unspecified atom stereocenters. The fourth-order valence-corrected chi connectivity index (χ4v) is 1.68. The van der Waals surface area contributed by atoms with E-state index in [0.717, 1.165) is 11.1 Å². The van der Waals surface area contributed by atoms with Gasteiger partial charge in [0.1, 0.15) is 5.82 Å². The summed E-state index contributed by atoms with van der Waals surface area (Å²) < 4.78 is 13.1. The van der Waals surface area contributed by atoms with E-state index in [1.165, 1.54) is 12.1 Å². The standard InChI is InChI=1S/C14H12FNO/c1-10-4-5-12(15)8-13(10)14(17)7-11-3-2-6-16-9-11/h2-6,8-9H,7H2,1H3. The molecule has 1 aromatic carbocycles. The van der Waals surface area contributed by atoms with Gasteiger partial charge >= 0.3 is 0 Å². The van der Waals surface area contributed by atoms with Crippen molar-refractivity contribution in [2.45, 2.75) is 13.3 Å². The summed E-state index contributed by atoms with van der Waals surface area (Å²) >= 11 is 0. The average molecular weight is 229 g/mol. The van der Waals surface area contributed by atoms with Gasteiger partial charge in [-0.2, -0.15) is 0 Å². The maximum Gasteiger partial charge on any atom is 0.167 e. The molecule has 2 rings (SSSR count). The molecule has 86 valence electrons. The number of halogens is 1. The van der Waals surface area contributed by atoms with Crippen molar-refractivity contribution in [3.8, 4) is 0 Å². The summed E-state index contributed by atoms with van der Waals surface area (Å²) in [4.78, 5) is 15.9. The van der Waals surface area contributed by atoms with Crippen LogP contribution in [0.1, 0.15) is 21.5 Å². The molecule has 0 aliphatic heterocycles. The van der Waals surface area contributed by atoms with Crippen molar-refractivity contribution in [2.75, 3.05) is 0 Å². The lowest BCUT2D eigenvalue weighted by Gasteiger charge is -2.05. The lowest BCUT2D eigenvalue weighted by molar-refractivity contribution is 0.0992. The van der Waals surface area contributed by atoms with Crippen molar-refractivity contribution < 1.29 is 9.18 Å². The Balaban J connectivity index is 2.23. The highest BCUT2D eigenvalue weighted by Crippen LogP contribution is 2.13. The van der Waals surface area contributed by atoms with E-state index in [9.17, 15) is 9.18 Å². The van der Waals surface area contributed by atoms with Crippen LogP contribution in [0.3, 0.4) is 0 Å². The highest BCUT2D eigenvalue weighted by Gasteiger charge is 2.10. The first-order valence-electron chi connectivity index (χ1n) is 5.35. The molecule has 2 nitrogen and oxygen atoms in total. The quantitative estimate of drug-likeness (QED) is 0.757. The van der Waals surface area contributed by atoms with Crippen LogP contribution in [0.15, 0.2) is 42.7 Å². The van der Waals surface area contributed by atoms with Gasteiger partial charge < -0.3 is 0 Å². The van der Waals surface area contributed by atoms with Crippen molar-refractivity contribution in [1.29, 1.82) is 0 Å². The van der Waals surface area contributed by atoms with Gasteiger partial charge in [-0.15, -0.1) is 0 Å². The van der Waals surface area contributed by atoms with E-state index in [2.05, 4.69) is 4.98 Å². The van der Waals surface area contributed by atoms with E-state index < -0.39 is 0 Å². The average Bonchev–Trinajstić information content (AvgIpc) is 2.33. The Bertz CT molecular complexity index is 537. The number of pyridine rings is 1. The Hall–Kier alpha value is -2.03. The molecule has 0 saturated carbocycles. The maximum atomic E-state index is 13.1. The number of rotatable bonds is 3. The number of hydrogen-bond donors (Lipinski definition) is 0. The SMILES string of the molecule is Cc1ccc(F)cc1C(=O)Cc1cccnc1. The smallest absolute Gasteiger partial charge is 0.167 e. The van der Waals surface area contributed by atoms with Crippen molar-refractivity contribution in [2.24, 2.45) is 0 Å². The van der Waals surface area contributed by atoms with Crippen molar-refractivity contribution >= 4 is 5.78 Å². The first-order chi connectivity index (χ1) is 8.16. The van der Waals surface area contributed by atoms with Crippen molar-refractivity contribution in [3.05, 3.63) is 65.2 Å². The molecule has 3 heteroatoms. The van der Waals surface area contributed by atoms with E-state index in [0.29, 0.717) is 5.56 Å². The minimum Gasteiger partial charge on any atom is -0.294 e. The van der Waals surface area contributed by atoms with Gasteiger partial charge in [-0.3, -0.25) is 9.78 Å². The second-order valence-electron chi connectivity index (χ2n) is 3.92. The summed E-state index contributed by atoms with van der Waals surface area (Å²) in [5, 5.41) is 0. The van der Waals surface area contributed by atoms with Gasteiger partial charge in [-0.1, -0.05) is 12.1 Å². The molecule has 0 bridgehead atoms. The summed E-state index contributed by atoms with van der Waals surface area (Å²) in [5.41, 5.74) is 2.07. The highest BCUT2D eigenvalue weighted by molar-refractivity contribution is 5.98. The van der Waals surface area contributed by atoms with Gasteiger partial charge in [-0.05, 0) is 36.2 Å². The lowest BCUT2D eigenvalue weighted by atomic mass is 10.00. The van der Waals surface area contributed by atoms with E-state index >= 15 is 0 Å². The number of aryl methyl sites for hydroxylation is 1. The van der Waals surface area contributed by atoms with E-state index in [1.54, 1.807) is 31.5 Å². The van der Waals surface area contributed by atoms with Gasteiger partial charge in [-0.25, -0.2) is 4.39 Å². The number of nitrogens with zero attached hydrogens (tertiary/aromatic N) is 1. The molecular weight excluding hydrogens is 217 g/mol. The molecule has 0 saturated heterocycles. The molecule has 0 aliphatic rings. The zero-order chi connectivity index (χ0) is 12.3. The molecule has 1 heterocycles. The van der Waals surface area contributed by atoms with Crippen LogP contribution in [0.5, 0.6) is 0 Å². The number of carbonyl (C=O) groups excluding carboxylic acids is 1. The van der Waals surface area contributed by atoms with Gasteiger partial charge in [0.25, 0.3) is 0 Å². The Morgan fingerprint density at radius 1 is 1.35 bits per heavy atom. The number of Topliss-reactive ketones (excluding diaryl/α,β-unsaturated/α-hetero) is 1. The van der Waals surface area contributed by atoms with Crippen LogP contribution in [-0.2, 0) is 6.42 Å². The zero-order valence-electron chi connectivity index (χ0n) is 9.48. The molecule has 0 atom stereocenters. The third kappa shape index (κ3) is 2.75. The fourth-order valence-electron chi connectivity index (χ4n) is 1.68. The normalized spacial score (nSPS) is 10.2. The summed E-state index contributed by atoms with van der Waals surface area (Å²) in [6, 6.07) is 7.87. The van der Waals surface area contributed by atoms with Crippen molar-refractivity contribution in [1.82, 2.24) is 4.98 Å². The summed E-state index contributed by atoms with van der Waals surface area (Å²) in [7, 11) is 0. The zero-order valence-corrected chi connectivity index (χ0v) is 9.48. The van der Waals surface area contributed by atoms with Gasteiger partial charge in [0.05, 0.1) is 0 Å². The van der Waals surface area contributed by atoms with Crippen LogP contribution in [0.4, 0.5) is 4.39 Å². The van der Waals surface area contributed by atoms with Crippen LogP contribution < -0.4 is 0 Å². The van der Waals surface area contributed by atoms with Crippen LogP contribution in [0.2, 0.25) is 0 Å². The summed E-state index contributed by atoms with van der Waals surface area (Å²) in [6.45, 7) is 1.80. The predicted molar refractivity (Wildman–Crippen MR) is 63.4 cm³/mol. The number of carbonyl (C=O) groups is 1. The monoisotopic (exact) mass is 229 g/mol. The van der Waals surface area contributed by atoms with Gasteiger partial charge in [0.15, 0.2) is 5.78 Å². The first kappa shape index (κ1) is 11.5. The fraction of sp³-hybridized carbons (Fsp3) is 0.143. The van der Waals surface area contributed by atoms with Crippen LogP contribution in [-0.4, -0.2) is 10.8 Å². The Kier molecular flexibility index (Phi) is 3.28.